The Bertz CT molecular complexity index is 852. The number of carbonyl (C=O) groups is 1. The van der Waals surface area contributed by atoms with Crippen LogP contribution in [0.5, 0.6) is 5.75 Å². The fourth-order valence-electron chi connectivity index (χ4n) is 4.28. The lowest BCUT2D eigenvalue weighted by molar-refractivity contribution is -0.132. The number of likely N-dealkylation sites (N-methyl/N-ethyl adjacent to an activating group) is 1. The van der Waals surface area contributed by atoms with Gasteiger partial charge in [0.25, 0.3) is 0 Å². The van der Waals surface area contributed by atoms with E-state index in [9.17, 15) is 4.79 Å². The van der Waals surface area contributed by atoms with Crippen molar-refractivity contribution in [2.45, 2.75) is 51.6 Å². The molecule has 29 heavy (non-hydrogen) atoms. The highest BCUT2D eigenvalue weighted by molar-refractivity contribution is 5.77. The third-order valence-corrected chi connectivity index (χ3v) is 5.88. The Labute approximate surface area is 172 Å². The van der Waals surface area contributed by atoms with Crippen LogP contribution in [-0.2, 0) is 24.2 Å². The lowest BCUT2D eigenvalue weighted by Gasteiger charge is -2.27. The van der Waals surface area contributed by atoms with Crippen molar-refractivity contribution in [3.8, 4) is 5.75 Å². The molecule has 1 atom stereocenters. The van der Waals surface area contributed by atoms with E-state index in [1.54, 1.807) is 0 Å². The van der Waals surface area contributed by atoms with Crippen LogP contribution < -0.4 is 4.74 Å². The molecule has 0 bridgehead atoms. The van der Waals surface area contributed by atoms with Gasteiger partial charge < -0.3 is 14.5 Å². The zero-order valence-electron chi connectivity index (χ0n) is 17.4. The number of amides is 1. The number of aryl methyl sites for hydroxylation is 1. The van der Waals surface area contributed by atoms with Gasteiger partial charge in [-0.05, 0) is 50.9 Å². The Balaban J connectivity index is 1.39. The molecule has 1 aromatic heterocycles. The Kier molecular flexibility index (Phi) is 6.09. The molecule has 0 N–H and O–H groups in total. The van der Waals surface area contributed by atoms with Crippen molar-refractivity contribution < 1.29 is 9.53 Å². The summed E-state index contributed by atoms with van der Waals surface area (Å²) < 4.78 is 5.48. The zero-order chi connectivity index (χ0) is 20.2. The molecule has 0 spiro atoms. The fraction of sp³-hybridized carbons (Fsp3) is 0.522. The average Bonchev–Trinajstić information content (AvgIpc) is 3.23. The van der Waals surface area contributed by atoms with Crippen LogP contribution in [-0.4, -0.2) is 52.4 Å². The van der Waals surface area contributed by atoms with Crippen LogP contribution >= 0.6 is 0 Å². The largest absolute Gasteiger partial charge is 0.494 e. The number of hydrogen-bond donors (Lipinski definition) is 0. The Morgan fingerprint density at radius 1 is 1.24 bits per heavy atom. The second-order valence-corrected chi connectivity index (χ2v) is 8.01. The molecule has 2 aliphatic rings. The van der Waals surface area contributed by atoms with Crippen molar-refractivity contribution in [2.24, 2.45) is 0 Å². The van der Waals surface area contributed by atoms with Crippen LogP contribution in [0, 0.1) is 0 Å². The molecular formula is C23H30N4O2. The van der Waals surface area contributed by atoms with Gasteiger partial charge in [-0.3, -0.25) is 4.79 Å². The SMILES string of the molecule is CCOc1ccc(CCC(=O)N2CCC[C@H]2c2ncc3c(n2)CCN(C)C3)cc1. The minimum Gasteiger partial charge on any atom is -0.494 e. The van der Waals surface area contributed by atoms with E-state index in [0.29, 0.717) is 13.0 Å². The Hall–Kier alpha value is -2.47. The maximum absolute atomic E-state index is 12.9. The summed E-state index contributed by atoms with van der Waals surface area (Å²) >= 11 is 0. The molecule has 0 aliphatic carbocycles. The third kappa shape index (κ3) is 4.58. The van der Waals surface area contributed by atoms with E-state index < -0.39 is 0 Å². The first kappa shape index (κ1) is 19.8. The first-order valence-electron chi connectivity index (χ1n) is 10.7. The van der Waals surface area contributed by atoms with Crippen LogP contribution in [0.15, 0.2) is 30.5 Å². The number of hydrogen-bond acceptors (Lipinski definition) is 5. The molecule has 6 nitrogen and oxygen atoms in total. The van der Waals surface area contributed by atoms with Crippen LogP contribution in [0.25, 0.3) is 0 Å². The number of aromatic nitrogens is 2. The smallest absolute Gasteiger partial charge is 0.223 e. The van der Waals surface area contributed by atoms with Crippen molar-refractivity contribution in [3.05, 3.63) is 53.1 Å². The minimum atomic E-state index is 0.0211. The van der Waals surface area contributed by atoms with Gasteiger partial charge in [0.1, 0.15) is 5.75 Å². The molecular weight excluding hydrogens is 364 g/mol. The maximum Gasteiger partial charge on any atom is 0.223 e. The number of fused-ring (bicyclic) bond motifs is 1. The van der Waals surface area contributed by atoms with E-state index in [2.05, 4.69) is 16.9 Å². The monoisotopic (exact) mass is 394 g/mol. The Morgan fingerprint density at radius 2 is 2.07 bits per heavy atom. The number of carbonyl (C=O) groups excluding carboxylic acids is 1. The summed E-state index contributed by atoms with van der Waals surface area (Å²) in [5.41, 5.74) is 3.53. The summed E-state index contributed by atoms with van der Waals surface area (Å²) in [6.45, 7) is 5.37. The van der Waals surface area contributed by atoms with Crippen molar-refractivity contribution in [1.29, 1.82) is 0 Å². The maximum atomic E-state index is 12.9. The lowest BCUT2D eigenvalue weighted by atomic mass is 10.1. The highest BCUT2D eigenvalue weighted by atomic mass is 16.5. The molecule has 1 aromatic carbocycles. The van der Waals surface area contributed by atoms with Gasteiger partial charge in [0.05, 0.1) is 12.6 Å². The summed E-state index contributed by atoms with van der Waals surface area (Å²) in [5.74, 6) is 1.89. The number of benzene rings is 1. The van der Waals surface area contributed by atoms with E-state index in [1.165, 1.54) is 5.56 Å². The molecule has 1 saturated heterocycles. The zero-order valence-corrected chi connectivity index (χ0v) is 17.4. The Morgan fingerprint density at radius 3 is 2.86 bits per heavy atom. The van der Waals surface area contributed by atoms with Gasteiger partial charge in [-0.1, -0.05) is 12.1 Å². The van der Waals surface area contributed by atoms with Gasteiger partial charge in [-0.25, -0.2) is 9.97 Å². The lowest BCUT2D eigenvalue weighted by Crippen LogP contribution is -2.33. The molecule has 3 heterocycles. The summed E-state index contributed by atoms with van der Waals surface area (Å²) in [6.07, 6.45) is 6.15. The molecule has 4 rings (SSSR count). The second kappa shape index (κ2) is 8.91. The van der Waals surface area contributed by atoms with Crippen LogP contribution in [0.1, 0.15) is 54.9 Å². The standard InChI is InChI=1S/C23H30N4O2/c1-3-29-19-9-6-17(7-10-19)8-11-22(28)27-13-4-5-21(27)23-24-15-18-16-26(2)14-12-20(18)25-23/h6-7,9-10,15,21H,3-5,8,11-14,16H2,1-2H3/t21-/m0/s1. The van der Waals surface area contributed by atoms with Crippen molar-refractivity contribution in [3.63, 3.8) is 0 Å². The summed E-state index contributed by atoms with van der Waals surface area (Å²) in [6, 6.07) is 8.06. The van der Waals surface area contributed by atoms with Crippen LogP contribution in [0.4, 0.5) is 0 Å². The van der Waals surface area contributed by atoms with Gasteiger partial charge in [-0.15, -0.1) is 0 Å². The molecule has 0 unspecified atom stereocenters. The predicted molar refractivity (Wildman–Crippen MR) is 112 cm³/mol. The second-order valence-electron chi connectivity index (χ2n) is 8.01. The molecule has 154 valence electrons. The predicted octanol–water partition coefficient (Wildman–Crippen LogP) is 3.16. The topological polar surface area (TPSA) is 58.6 Å². The van der Waals surface area contributed by atoms with E-state index in [-0.39, 0.29) is 11.9 Å². The average molecular weight is 395 g/mol. The summed E-state index contributed by atoms with van der Waals surface area (Å²) in [4.78, 5) is 26.7. The van der Waals surface area contributed by atoms with Crippen molar-refractivity contribution in [1.82, 2.24) is 19.8 Å². The van der Waals surface area contributed by atoms with E-state index >= 15 is 0 Å². The van der Waals surface area contributed by atoms with Gasteiger partial charge in [0.15, 0.2) is 5.82 Å². The number of ether oxygens (including phenoxy) is 1. The molecule has 0 radical (unpaired) electrons. The normalized spacial score (nSPS) is 19.2. The first-order chi connectivity index (χ1) is 14.1. The highest BCUT2D eigenvalue weighted by Crippen LogP contribution is 2.31. The summed E-state index contributed by atoms with van der Waals surface area (Å²) in [7, 11) is 2.12. The first-order valence-corrected chi connectivity index (χ1v) is 10.7. The third-order valence-electron chi connectivity index (χ3n) is 5.88. The van der Waals surface area contributed by atoms with Gasteiger partial charge in [0.2, 0.25) is 5.91 Å². The van der Waals surface area contributed by atoms with Crippen LogP contribution in [0.2, 0.25) is 0 Å². The van der Waals surface area contributed by atoms with Crippen molar-refractivity contribution in [2.75, 3.05) is 26.7 Å². The molecule has 6 heteroatoms. The van der Waals surface area contributed by atoms with Crippen LogP contribution in [0.3, 0.4) is 0 Å². The fourth-order valence-corrected chi connectivity index (χ4v) is 4.28. The number of likely N-dealkylation sites (tertiary alicyclic amines) is 1. The van der Waals surface area contributed by atoms with Crippen molar-refractivity contribution >= 4 is 5.91 Å². The minimum absolute atomic E-state index is 0.0211. The molecule has 2 aliphatic heterocycles. The van der Waals surface area contributed by atoms with Gasteiger partial charge in [-0.2, -0.15) is 0 Å². The quantitative estimate of drug-likeness (QED) is 0.753. The number of nitrogens with zero attached hydrogens (tertiary/aromatic N) is 4. The van der Waals surface area contributed by atoms with E-state index in [4.69, 9.17) is 9.72 Å². The number of rotatable bonds is 6. The van der Waals surface area contributed by atoms with E-state index in [0.717, 1.165) is 68.1 Å². The molecule has 1 fully saturated rings. The summed E-state index contributed by atoms with van der Waals surface area (Å²) in [5, 5.41) is 0. The molecule has 1 amide bonds. The highest BCUT2D eigenvalue weighted by Gasteiger charge is 2.32. The molecule has 0 saturated carbocycles. The van der Waals surface area contributed by atoms with Gasteiger partial charge >= 0.3 is 0 Å². The molecule has 2 aromatic rings. The van der Waals surface area contributed by atoms with E-state index in [1.807, 2.05) is 42.3 Å². The van der Waals surface area contributed by atoms with Gasteiger partial charge in [0, 0.05) is 49.9 Å².